The van der Waals surface area contributed by atoms with Crippen molar-refractivity contribution in [2.24, 2.45) is 0 Å². The first-order valence-electron chi connectivity index (χ1n) is 16.0. The van der Waals surface area contributed by atoms with Crippen LogP contribution in [-0.2, 0) is 4.74 Å². The molecule has 2 nitrogen and oxygen atoms in total. The Morgan fingerprint density at radius 3 is 0.647 bits per heavy atom. The topological polar surface area (TPSA) is 44.2 Å². The molecule has 0 aromatic rings. The lowest BCUT2D eigenvalue weighted by Crippen LogP contribution is -1.97. The molecule has 0 bridgehead atoms. The minimum Gasteiger partial charge on any atom is -0.381 e. The monoisotopic (exact) mass is 484 g/mol. The van der Waals surface area contributed by atoms with Gasteiger partial charge in [-0.1, -0.05) is 181 Å². The predicted molar refractivity (Wildman–Crippen MR) is 156 cm³/mol. The summed E-state index contributed by atoms with van der Waals surface area (Å²) in [4.78, 5) is 0. The van der Waals surface area contributed by atoms with Gasteiger partial charge in [-0.05, 0) is 12.8 Å². The van der Waals surface area contributed by atoms with Crippen LogP contribution in [0.2, 0.25) is 0 Å². The zero-order chi connectivity index (χ0) is 23.9. The van der Waals surface area contributed by atoms with E-state index in [1.54, 1.807) is 0 Å². The van der Waals surface area contributed by atoms with Gasteiger partial charge in [-0.25, -0.2) is 0 Å². The molecular formula is C32H69NO. The Bertz CT molecular complexity index is 290. The van der Waals surface area contributed by atoms with E-state index in [0.717, 1.165) is 13.2 Å². The minimum absolute atomic E-state index is 0. The number of hydrogen-bond acceptors (Lipinski definition) is 2. The molecule has 0 radical (unpaired) electrons. The van der Waals surface area contributed by atoms with Gasteiger partial charge in [0.2, 0.25) is 0 Å². The van der Waals surface area contributed by atoms with Crippen LogP contribution < -0.4 is 6.15 Å². The maximum Gasteiger partial charge on any atom is 0.0466 e. The fourth-order valence-electron chi connectivity index (χ4n) is 4.90. The Balaban J connectivity index is 0. The van der Waals surface area contributed by atoms with Crippen molar-refractivity contribution in [2.45, 2.75) is 194 Å². The van der Waals surface area contributed by atoms with Crippen molar-refractivity contribution in [3.63, 3.8) is 0 Å². The zero-order valence-corrected chi connectivity index (χ0v) is 24.3. The second kappa shape index (κ2) is 35.1. The largest absolute Gasteiger partial charge is 0.381 e. The van der Waals surface area contributed by atoms with Crippen LogP contribution in [0, 0.1) is 0 Å². The van der Waals surface area contributed by atoms with E-state index in [4.69, 9.17) is 4.74 Å². The third-order valence-electron chi connectivity index (χ3n) is 7.28. The van der Waals surface area contributed by atoms with Crippen LogP contribution in [-0.4, -0.2) is 13.2 Å². The molecule has 0 aliphatic heterocycles. The Morgan fingerprint density at radius 1 is 0.265 bits per heavy atom. The SMILES string of the molecule is CCCCCCCCCCCCCCCCOCCCCCCCCCCCCCCCC.N. The van der Waals surface area contributed by atoms with E-state index < -0.39 is 0 Å². The highest BCUT2D eigenvalue weighted by Gasteiger charge is 1.96. The van der Waals surface area contributed by atoms with Crippen LogP contribution in [0.15, 0.2) is 0 Å². The van der Waals surface area contributed by atoms with E-state index in [0.29, 0.717) is 0 Å². The Labute approximate surface area is 217 Å². The van der Waals surface area contributed by atoms with Crippen molar-refractivity contribution in [2.75, 3.05) is 13.2 Å². The van der Waals surface area contributed by atoms with Gasteiger partial charge in [0.1, 0.15) is 0 Å². The standard InChI is InChI=1S/C32H66O.H3N/c1-3-5-7-9-11-13-15-17-19-21-23-25-27-29-31-33-32-30-28-26-24-22-20-18-16-14-12-10-8-6-4-2;/h3-32H2,1-2H3;1H3. The van der Waals surface area contributed by atoms with Gasteiger partial charge >= 0.3 is 0 Å². The number of unbranched alkanes of at least 4 members (excludes halogenated alkanes) is 26. The van der Waals surface area contributed by atoms with E-state index in [2.05, 4.69) is 13.8 Å². The lowest BCUT2D eigenvalue weighted by molar-refractivity contribution is 0.125. The van der Waals surface area contributed by atoms with Gasteiger partial charge in [0.05, 0.1) is 0 Å². The van der Waals surface area contributed by atoms with Gasteiger partial charge in [0.25, 0.3) is 0 Å². The first-order valence-corrected chi connectivity index (χ1v) is 16.0. The zero-order valence-electron chi connectivity index (χ0n) is 24.3. The number of ether oxygens (including phenoxy) is 1. The fraction of sp³-hybridized carbons (Fsp3) is 1.00. The van der Waals surface area contributed by atoms with Gasteiger partial charge in [0, 0.05) is 13.2 Å². The third kappa shape index (κ3) is 34.1. The number of rotatable bonds is 30. The average molecular weight is 484 g/mol. The summed E-state index contributed by atoms with van der Waals surface area (Å²) < 4.78 is 5.85. The molecular weight excluding hydrogens is 414 g/mol. The number of hydrogen-bond donors (Lipinski definition) is 1. The molecule has 0 aromatic heterocycles. The molecule has 0 aliphatic carbocycles. The lowest BCUT2D eigenvalue weighted by atomic mass is 10.0. The summed E-state index contributed by atoms with van der Waals surface area (Å²) in [6.45, 7) is 6.59. The normalized spacial score (nSPS) is 11.1. The molecule has 0 rings (SSSR count). The van der Waals surface area contributed by atoms with E-state index in [1.807, 2.05) is 0 Å². The van der Waals surface area contributed by atoms with Crippen LogP contribution in [0.25, 0.3) is 0 Å². The molecule has 0 saturated heterocycles. The average Bonchev–Trinajstić information content (AvgIpc) is 2.83. The molecule has 0 aliphatic rings. The molecule has 0 aromatic carbocycles. The van der Waals surface area contributed by atoms with Crippen molar-refractivity contribution in [3.8, 4) is 0 Å². The Hall–Kier alpha value is -0.0800. The highest BCUT2D eigenvalue weighted by atomic mass is 16.5. The van der Waals surface area contributed by atoms with Crippen LogP contribution in [0.4, 0.5) is 0 Å². The molecule has 208 valence electrons. The van der Waals surface area contributed by atoms with Gasteiger partial charge in [-0.15, -0.1) is 0 Å². The molecule has 34 heavy (non-hydrogen) atoms. The Morgan fingerprint density at radius 2 is 0.441 bits per heavy atom. The summed E-state index contributed by atoms with van der Waals surface area (Å²) in [5.74, 6) is 0. The second-order valence-corrected chi connectivity index (χ2v) is 10.8. The Kier molecular flexibility index (Phi) is 37.2. The summed E-state index contributed by atoms with van der Waals surface area (Å²) in [6.07, 6.45) is 40.1. The van der Waals surface area contributed by atoms with Crippen molar-refractivity contribution in [1.29, 1.82) is 0 Å². The lowest BCUT2D eigenvalue weighted by Gasteiger charge is -2.05. The summed E-state index contributed by atoms with van der Waals surface area (Å²) in [6, 6.07) is 0. The van der Waals surface area contributed by atoms with E-state index >= 15 is 0 Å². The van der Waals surface area contributed by atoms with E-state index in [1.165, 1.54) is 180 Å². The maximum atomic E-state index is 5.85. The van der Waals surface area contributed by atoms with Crippen molar-refractivity contribution < 1.29 is 4.74 Å². The van der Waals surface area contributed by atoms with Crippen LogP contribution >= 0.6 is 0 Å². The third-order valence-corrected chi connectivity index (χ3v) is 7.28. The molecule has 0 unspecified atom stereocenters. The smallest absolute Gasteiger partial charge is 0.0466 e. The highest BCUT2D eigenvalue weighted by molar-refractivity contribution is 4.51. The van der Waals surface area contributed by atoms with Crippen molar-refractivity contribution in [3.05, 3.63) is 0 Å². The van der Waals surface area contributed by atoms with Gasteiger partial charge in [0.15, 0.2) is 0 Å². The fourth-order valence-corrected chi connectivity index (χ4v) is 4.90. The minimum atomic E-state index is 0. The molecule has 0 fully saturated rings. The first kappa shape index (κ1) is 36.1. The second-order valence-electron chi connectivity index (χ2n) is 10.8. The summed E-state index contributed by atoms with van der Waals surface area (Å²) >= 11 is 0. The first-order chi connectivity index (χ1) is 16.4. The van der Waals surface area contributed by atoms with Gasteiger partial charge in [-0.3, -0.25) is 0 Å². The molecule has 0 spiro atoms. The van der Waals surface area contributed by atoms with E-state index in [-0.39, 0.29) is 6.15 Å². The van der Waals surface area contributed by atoms with Crippen LogP contribution in [0.3, 0.4) is 0 Å². The van der Waals surface area contributed by atoms with Crippen molar-refractivity contribution in [1.82, 2.24) is 6.15 Å². The van der Waals surface area contributed by atoms with Crippen molar-refractivity contribution >= 4 is 0 Å². The van der Waals surface area contributed by atoms with Crippen LogP contribution in [0.1, 0.15) is 194 Å². The van der Waals surface area contributed by atoms with Gasteiger partial charge < -0.3 is 10.9 Å². The quantitative estimate of drug-likeness (QED) is 0.103. The molecule has 0 atom stereocenters. The predicted octanol–water partition coefficient (Wildman–Crippen LogP) is 12.1. The molecule has 3 N–H and O–H groups in total. The van der Waals surface area contributed by atoms with E-state index in [9.17, 15) is 0 Å². The molecule has 0 saturated carbocycles. The van der Waals surface area contributed by atoms with Crippen LogP contribution in [0.5, 0.6) is 0 Å². The molecule has 0 heterocycles. The summed E-state index contributed by atoms with van der Waals surface area (Å²) in [7, 11) is 0. The molecule has 2 heteroatoms. The summed E-state index contributed by atoms with van der Waals surface area (Å²) in [5.41, 5.74) is 0. The maximum absolute atomic E-state index is 5.85. The summed E-state index contributed by atoms with van der Waals surface area (Å²) in [5, 5.41) is 0. The molecule has 0 amide bonds. The highest BCUT2D eigenvalue weighted by Crippen LogP contribution is 2.14. The van der Waals surface area contributed by atoms with Gasteiger partial charge in [-0.2, -0.15) is 0 Å².